The van der Waals surface area contributed by atoms with E-state index < -0.39 is 0 Å². The molecule has 0 radical (unpaired) electrons. The zero-order valence-corrected chi connectivity index (χ0v) is 14.4. The minimum absolute atomic E-state index is 0.562. The highest BCUT2D eigenvalue weighted by molar-refractivity contribution is 6.30. The van der Waals surface area contributed by atoms with Gasteiger partial charge < -0.3 is 9.72 Å². The van der Waals surface area contributed by atoms with Gasteiger partial charge in [0.15, 0.2) is 0 Å². The second-order valence-electron chi connectivity index (χ2n) is 5.72. The van der Waals surface area contributed by atoms with Gasteiger partial charge in [0.1, 0.15) is 5.65 Å². The van der Waals surface area contributed by atoms with Crippen molar-refractivity contribution in [1.29, 1.82) is 0 Å². The molecule has 25 heavy (non-hydrogen) atoms. The highest BCUT2D eigenvalue weighted by atomic mass is 35.5. The molecule has 4 aromatic rings. The van der Waals surface area contributed by atoms with E-state index in [1.165, 1.54) is 0 Å². The molecule has 6 heteroatoms. The van der Waals surface area contributed by atoms with E-state index in [1.54, 1.807) is 6.20 Å². The molecule has 124 valence electrons. The maximum Gasteiger partial charge on any atom is 0.223 e. The number of halogens is 1. The largest absolute Gasteiger partial charge is 0.349 e. The van der Waals surface area contributed by atoms with Crippen LogP contribution in [0.25, 0.3) is 16.9 Å². The highest BCUT2D eigenvalue weighted by Crippen LogP contribution is 2.26. The first kappa shape index (κ1) is 15.6. The molecule has 0 aliphatic rings. The Kier molecular flexibility index (Phi) is 4.07. The molecule has 0 amide bonds. The lowest BCUT2D eigenvalue weighted by Gasteiger charge is -2.08. The van der Waals surface area contributed by atoms with Crippen LogP contribution in [-0.2, 0) is 6.54 Å². The second-order valence-corrected chi connectivity index (χ2v) is 6.15. The van der Waals surface area contributed by atoms with Crippen LogP contribution < -0.4 is 5.32 Å². The molecule has 0 spiro atoms. The number of nitrogens with one attached hydrogen (secondary N) is 1. The first-order valence-electron chi connectivity index (χ1n) is 7.96. The Hall–Kier alpha value is -2.92. The first-order valence-corrected chi connectivity index (χ1v) is 8.34. The molecule has 1 aromatic carbocycles. The van der Waals surface area contributed by atoms with Gasteiger partial charge >= 0.3 is 0 Å². The van der Waals surface area contributed by atoms with E-state index >= 15 is 0 Å². The van der Waals surface area contributed by atoms with Crippen LogP contribution >= 0.6 is 11.6 Å². The SMILES string of the molecule is Cc1ccnc(NCc2c(-c3ccc(Cl)cc3)nc3ccccn23)n1. The Morgan fingerprint density at radius 2 is 1.88 bits per heavy atom. The van der Waals surface area contributed by atoms with Gasteiger partial charge in [-0.2, -0.15) is 0 Å². The third-order valence-corrected chi connectivity index (χ3v) is 4.21. The smallest absolute Gasteiger partial charge is 0.223 e. The number of rotatable bonds is 4. The van der Waals surface area contributed by atoms with E-state index in [0.29, 0.717) is 17.5 Å². The van der Waals surface area contributed by atoms with Crippen LogP contribution in [0.3, 0.4) is 0 Å². The molecule has 0 aliphatic heterocycles. The molecule has 1 N–H and O–H groups in total. The average Bonchev–Trinajstić information content (AvgIpc) is 2.99. The van der Waals surface area contributed by atoms with E-state index in [4.69, 9.17) is 16.6 Å². The molecule has 5 nitrogen and oxygen atoms in total. The van der Waals surface area contributed by atoms with Crippen LogP contribution in [-0.4, -0.2) is 19.4 Å². The summed E-state index contributed by atoms with van der Waals surface area (Å²) in [5.74, 6) is 0.605. The zero-order valence-electron chi connectivity index (χ0n) is 13.6. The molecule has 0 saturated carbocycles. The molecular weight excluding hydrogens is 334 g/mol. The lowest BCUT2D eigenvalue weighted by atomic mass is 10.1. The number of fused-ring (bicyclic) bond motifs is 1. The molecule has 0 aliphatic carbocycles. The van der Waals surface area contributed by atoms with Crippen molar-refractivity contribution in [2.24, 2.45) is 0 Å². The van der Waals surface area contributed by atoms with Gasteiger partial charge in [0.25, 0.3) is 0 Å². The number of hydrogen-bond donors (Lipinski definition) is 1. The van der Waals surface area contributed by atoms with Crippen LogP contribution in [0.5, 0.6) is 0 Å². The Bertz CT molecular complexity index is 1020. The number of benzene rings is 1. The van der Waals surface area contributed by atoms with E-state index in [0.717, 1.165) is 28.3 Å². The molecule has 0 fully saturated rings. The van der Waals surface area contributed by atoms with Gasteiger partial charge in [-0.25, -0.2) is 15.0 Å². The summed E-state index contributed by atoms with van der Waals surface area (Å²) < 4.78 is 2.08. The van der Waals surface area contributed by atoms with E-state index in [2.05, 4.69) is 19.7 Å². The van der Waals surface area contributed by atoms with Crippen molar-refractivity contribution in [2.45, 2.75) is 13.5 Å². The van der Waals surface area contributed by atoms with E-state index in [-0.39, 0.29) is 0 Å². The quantitative estimate of drug-likeness (QED) is 0.594. The first-order chi connectivity index (χ1) is 12.2. The summed E-state index contributed by atoms with van der Waals surface area (Å²) in [5.41, 5.74) is 4.81. The number of aryl methyl sites for hydroxylation is 1. The van der Waals surface area contributed by atoms with Gasteiger partial charge in [-0.15, -0.1) is 0 Å². The fourth-order valence-electron chi connectivity index (χ4n) is 2.75. The number of pyridine rings is 1. The molecule has 0 atom stereocenters. The van der Waals surface area contributed by atoms with Crippen molar-refractivity contribution in [3.63, 3.8) is 0 Å². The van der Waals surface area contributed by atoms with E-state index in [1.807, 2.05) is 61.7 Å². The number of anilines is 1. The van der Waals surface area contributed by atoms with Gasteiger partial charge in [0.2, 0.25) is 5.95 Å². The summed E-state index contributed by atoms with van der Waals surface area (Å²) in [6, 6.07) is 15.6. The van der Waals surface area contributed by atoms with Crippen molar-refractivity contribution in [1.82, 2.24) is 19.4 Å². The number of imidazole rings is 1. The lowest BCUT2D eigenvalue weighted by molar-refractivity contribution is 0.969. The highest BCUT2D eigenvalue weighted by Gasteiger charge is 2.14. The molecule has 0 unspecified atom stereocenters. The van der Waals surface area contributed by atoms with Crippen LogP contribution in [0.2, 0.25) is 5.02 Å². The Morgan fingerprint density at radius 3 is 2.68 bits per heavy atom. The minimum Gasteiger partial charge on any atom is -0.349 e. The topological polar surface area (TPSA) is 55.1 Å². The third-order valence-electron chi connectivity index (χ3n) is 3.96. The Labute approximate surface area is 150 Å². The Balaban J connectivity index is 1.75. The van der Waals surface area contributed by atoms with Crippen LogP contribution in [0.1, 0.15) is 11.4 Å². The lowest BCUT2D eigenvalue weighted by Crippen LogP contribution is -2.07. The number of hydrogen-bond acceptors (Lipinski definition) is 4. The summed E-state index contributed by atoms with van der Waals surface area (Å²) in [7, 11) is 0. The molecule has 3 heterocycles. The summed E-state index contributed by atoms with van der Waals surface area (Å²) >= 11 is 6.02. The fraction of sp³-hybridized carbons (Fsp3) is 0.105. The van der Waals surface area contributed by atoms with Gasteiger partial charge in [0, 0.05) is 28.7 Å². The maximum atomic E-state index is 6.02. The standard InChI is InChI=1S/C19H16ClN5/c1-13-9-10-21-19(23-13)22-12-16-18(14-5-7-15(20)8-6-14)24-17-4-2-3-11-25(16)17/h2-11H,12H2,1H3,(H,21,22,23). The molecule has 3 aromatic heterocycles. The Morgan fingerprint density at radius 1 is 1.04 bits per heavy atom. The van der Waals surface area contributed by atoms with E-state index in [9.17, 15) is 0 Å². The van der Waals surface area contributed by atoms with Crippen molar-refractivity contribution >= 4 is 23.2 Å². The minimum atomic E-state index is 0.562. The predicted molar refractivity (Wildman–Crippen MR) is 99.7 cm³/mol. The van der Waals surface area contributed by atoms with Crippen molar-refractivity contribution in [3.8, 4) is 11.3 Å². The van der Waals surface area contributed by atoms with Gasteiger partial charge in [-0.3, -0.25) is 0 Å². The van der Waals surface area contributed by atoms with Gasteiger partial charge in [-0.1, -0.05) is 29.8 Å². The van der Waals surface area contributed by atoms with Crippen LogP contribution in [0.4, 0.5) is 5.95 Å². The van der Waals surface area contributed by atoms with Gasteiger partial charge in [-0.05, 0) is 37.3 Å². The summed E-state index contributed by atoms with van der Waals surface area (Å²) in [4.78, 5) is 13.4. The van der Waals surface area contributed by atoms with Crippen molar-refractivity contribution in [2.75, 3.05) is 5.32 Å². The molecule has 4 rings (SSSR count). The zero-order chi connectivity index (χ0) is 17.2. The predicted octanol–water partition coefficient (Wildman–Crippen LogP) is 4.37. The molecule has 0 saturated heterocycles. The second kappa shape index (κ2) is 6.53. The fourth-order valence-corrected chi connectivity index (χ4v) is 2.88. The molecule has 0 bridgehead atoms. The third kappa shape index (κ3) is 3.19. The maximum absolute atomic E-state index is 6.02. The average molecular weight is 350 g/mol. The van der Waals surface area contributed by atoms with Crippen LogP contribution in [0.15, 0.2) is 60.9 Å². The van der Waals surface area contributed by atoms with Crippen LogP contribution in [0, 0.1) is 6.92 Å². The van der Waals surface area contributed by atoms with Gasteiger partial charge in [0.05, 0.1) is 17.9 Å². The monoisotopic (exact) mass is 349 g/mol. The number of nitrogens with zero attached hydrogens (tertiary/aromatic N) is 4. The summed E-state index contributed by atoms with van der Waals surface area (Å²) in [6.45, 7) is 2.51. The summed E-state index contributed by atoms with van der Waals surface area (Å²) in [6.07, 6.45) is 3.76. The summed E-state index contributed by atoms with van der Waals surface area (Å²) in [5, 5.41) is 4.00. The van der Waals surface area contributed by atoms with Crippen molar-refractivity contribution < 1.29 is 0 Å². The normalized spacial score (nSPS) is 11.0. The number of aromatic nitrogens is 4. The molecular formula is C19H16ClN5. The van der Waals surface area contributed by atoms with Crippen molar-refractivity contribution in [3.05, 3.63) is 77.3 Å².